The molecule has 0 fully saturated rings. The van der Waals surface area contributed by atoms with Gasteiger partial charge >= 0.3 is 6.09 Å². The van der Waals surface area contributed by atoms with Gasteiger partial charge in [-0.1, -0.05) is 28.1 Å². The fourth-order valence-corrected chi connectivity index (χ4v) is 4.13. The number of halogens is 1. The summed E-state index contributed by atoms with van der Waals surface area (Å²) in [4.78, 5) is 14.6. The van der Waals surface area contributed by atoms with E-state index in [1.165, 1.54) is 12.0 Å². The molecule has 0 aromatic heterocycles. The number of anilines is 1. The summed E-state index contributed by atoms with van der Waals surface area (Å²) in [6, 6.07) is 9.08. The molecule has 1 unspecified atom stereocenters. The molecule has 0 radical (unpaired) electrons. The number of benzene rings is 2. The first-order valence-corrected chi connectivity index (χ1v) is 9.92. The fraction of sp³-hybridized carbons (Fsp3) is 0.409. The Bertz CT molecular complexity index is 1010. The van der Waals surface area contributed by atoms with Crippen LogP contribution in [0.4, 0.5) is 10.5 Å². The van der Waals surface area contributed by atoms with E-state index in [9.17, 15) is 4.79 Å². The van der Waals surface area contributed by atoms with Gasteiger partial charge in [-0.25, -0.2) is 4.79 Å². The van der Waals surface area contributed by atoms with Gasteiger partial charge < -0.3 is 19.3 Å². The number of fused-ring (bicyclic) bond motifs is 1. The van der Waals surface area contributed by atoms with E-state index < -0.39 is 18.3 Å². The summed E-state index contributed by atoms with van der Waals surface area (Å²) >= 11 is 3.57. The quantitative estimate of drug-likeness (QED) is 0.682. The number of rotatable bonds is 5. The second kappa shape index (κ2) is 8.24. The van der Waals surface area contributed by atoms with Gasteiger partial charge in [0.25, 0.3) is 0 Å². The fourth-order valence-electron chi connectivity index (χ4n) is 3.46. The van der Waals surface area contributed by atoms with Crippen LogP contribution >= 0.6 is 15.9 Å². The summed E-state index contributed by atoms with van der Waals surface area (Å²) in [6.45, 7) is 2.96. The van der Waals surface area contributed by atoms with Crippen LogP contribution in [0.25, 0.3) is 0 Å². The lowest BCUT2D eigenvalue weighted by molar-refractivity contribution is 0.0582. The minimum Gasteiger partial charge on any atom is -0.497 e. The van der Waals surface area contributed by atoms with Gasteiger partial charge in [0.2, 0.25) is 1.43 Å². The van der Waals surface area contributed by atoms with Gasteiger partial charge in [0.1, 0.15) is 17.1 Å². The second-order valence-electron chi connectivity index (χ2n) is 7.72. The van der Waals surface area contributed by atoms with Crippen molar-refractivity contribution in [2.75, 3.05) is 25.7 Å². The van der Waals surface area contributed by atoms with Crippen LogP contribution in [0.2, 0.25) is 0 Å². The van der Waals surface area contributed by atoms with Crippen LogP contribution in [-0.4, -0.2) is 39.0 Å². The van der Waals surface area contributed by atoms with Gasteiger partial charge in [0.15, 0.2) is 0 Å². The largest absolute Gasteiger partial charge is 0.497 e. The van der Waals surface area contributed by atoms with Crippen LogP contribution in [-0.2, 0) is 11.3 Å². The minimum absolute atomic E-state index is 0.0462. The number of ether oxygens (including phenoxy) is 3. The van der Waals surface area contributed by atoms with Crippen molar-refractivity contribution < 1.29 is 26.9 Å². The van der Waals surface area contributed by atoms with E-state index in [0.29, 0.717) is 15.8 Å². The van der Waals surface area contributed by atoms with Crippen LogP contribution in [0, 0.1) is 0 Å². The zero-order chi connectivity index (χ0) is 23.8. The first-order chi connectivity index (χ1) is 14.9. The lowest BCUT2D eigenvalue weighted by Crippen LogP contribution is -2.36. The van der Waals surface area contributed by atoms with Crippen molar-refractivity contribution in [3.8, 4) is 11.5 Å². The summed E-state index contributed by atoms with van der Waals surface area (Å²) in [6.07, 6.45) is -0.628. The molecule has 6 nitrogen and oxygen atoms in total. The first-order valence-electron chi connectivity index (χ1n) is 10.5. The van der Waals surface area contributed by atoms with Gasteiger partial charge in [-0.2, -0.15) is 0 Å². The number of amides is 1. The maximum absolute atomic E-state index is 13.2. The van der Waals surface area contributed by atoms with Gasteiger partial charge in [-0.05, 0) is 44.5 Å². The average molecular weight is 467 g/mol. The molecule has 1 atom stereocenters. The van der Waals surface area contributed by atoms with Gasteiger partial charge in [0, 0.05) is 28.1 Å². The van der Waals surface area contributed by atoms with E-state index in [-0.39, 0.29) is 29.5 Å². The molecule has 0 aliphatic carbocycles. The molecule has 156 valence electrons. The Labute approximate surface area is 183 Å². The Morgan fingerprint density at radius 1 is 1.31 bits per heavy atom. The van der Waals surface area contributed by atoms with Crippen molar-refractivity contribution in [3.63, 3.8) is 0 Å². The topological polar surface area (TPSA) is 68.2 Å². The molecule has 29 heavy (non-hydrogen) atoms. The number of methoxy groups -OCH3 is 2. The van der Waals surface area contributed by atoms with Gasteiger partial charge in [-0.3, -0.25) is 4.90 Å². The van der Waals surface area contributed by atoms with Crippen LogP contribution in [0.3, 0.4) is 0 Å². The highest BCUT2D eigenvalue weighted by Gasteiger charge is 2.40. The van der Waals surface area contributed by atoms with Crippen molar-refractivity contribution in [3.05, 3.63) is 51.5 Å². The number of hydrogen-bond acceptors (Lipinski definition) is 5. The van der Waals surface area contributed by atoms with Gasteiger partial charge in [-0.15, -0.1) is 0 Å². The van der Waals surface area contributed by atoms with Crippen molar-refractivity contribution in [1.82, 2.24) is 0 Å². The summed E-state index contributed by atoms with van der Waals surface area (Å²) < 4.78 is 40.8. The second-order valence-corrected chi connectivity index (χ2v) is 8.57. The molecule has 1 aliphatic rings. The van der Waals surface area contributed by atoms with Crippen LogP contribution in [0.5, 0.6) is 11.5 Å². The van der Waals surface area contributed by atoms with Crippen molar-refractivity contribution >= 4 is 27.7 Å². The van der Waals surface area contributed by atoms with Crippen molar-refractivity contribution in [2.24, 2.45) is 0 Å². The minimum atomic E-state index is -2.54. The molecule has 1 amide bonds. The van der Waals surface area contributed by atoms with E-state index in [1.807, 2.05) is 24.3 Å². The lowest BCUT2D eigenvalue weighted by atomic mass is 9.92. The molecule has 2 aromatic carbocycles. The molecule has 0 saturated carbocycles. The highest BCUT2D eigenvalue weighted by Crippen LogP contribution is 2.49. The van der Waals surface area contributed by atoms with Crippen LogP contribution in [0.15, 0.2) is 34.8 Å². The molecule has 3 rings (SSSR count). The first kappa shape index (κ1) is 17.6. The molecular formula is C22H26BrNO5. The standard InChI is InChI=1S/C22H26BrNO5/c1-22(2,3)29-21(26)24-11-15(13-6-8-14(27-4)9-7-13)19-17(23)10-18(28-5)16(12-25)20(19)24/h6-10,15,25H,11-12H2,1-5H3/i12D2,25D. The molecule has 0 saturated heterocycles. The third-order valence-corrected chi connectivity index (χ3v) is 5.35. The molecule has 0 spiro atoms. The zero-order valence-corrected chi connectivity index (χ0v) is 18.6. The van der Waals surface area contributed by atoms with Crippen molar-refractivity contribution in [2.45, 2.75) is 38.8 Å². The summed E-state index contributed by atoms with van der Waals surface area (Å²) in [5.74, 6) is 0.560. The highest BCUT2D eigenvalue weighted by atomic mass is 79.9. The summed E-state index contributed by atoms with van der Waals surface area (Å²) in [5, 5.41) is 4.42. The van der Waals surface area contributed by atoms with Crippen LogP contribution < -0.4 is 14.4 Å². The Morgan fingerprint density at radius 2 is 2.00 bits per heavy atom. The Kier molecular flexibility index (Phi) is 5.00. The van der Waals surface area contributed by atoms with E-state index in [1.54, 1.807) is 33.9 Å². The van der Waals surface area contributed by atoms with Crippen molar-refractivity contribution in [1.29, 1.82) is 1.43 Å². The third-order valence-electron chi connectivity index (χ3n) is 4.69. The predicted molar refractivity (Wildman–Crippen MR) is 115 cm³/mol. The summed E-state index contributed by atoms with van der Waals surface area (Å²) in [5.41, 5.74) is 1.05. The molecule has 1 N–H and O–H groups in total. The average Bonchev–Trinajstić information content (AvgIpc) is 3.13. The maximum Gasteiger partial charge on any atom is 0.414 e. The van der Waals surface area contributed by atoms with E-state index >= 15 is 0 Å². The third kappa shape index (κ3) is 4.21. The molecule has 2 aromatic rings. The Morgan fingerprint density at radius 3 is 2.55 bits per heavy atom. The summed E-state index contributed by atoms with van der Waals surface area (Å²) in [7, 11) is 2.98. The lowest BCUT2D eigenvalue weighted by Gasteiger charge is -2.26. The predicted octanol–water partition coefficient (Wildman–Crippen LogP) is 4.85. The van der Waals surface area contributed by atoms with Crippen LogP contribution in [0.1, 0.15) is 46.1 Å². The monoisotopic (exact) mass is 466 g/mol. The number of carbonyl (C=O) groups is 1. The maximum atomic E-state index is 13.2. The molecule has 1 aliphatic heterocycles. The molecule has 0 bridgehead atoms. The van der Waals surface area contributed by atoms with E-state index in [0.717, 1.165) is 5.56 Å². The SMILES string of the molecule is [2H]OC([2H])([2H])c1c(OC)cc(Br)c2c1N(C(=O)OC(C)(C)C)CC2c1ccc(OC)cc1. The van der Waals surface area contributed by atoms with Gasteiger partial charge in [0.05, 0.1) is 29.2 Å². The number of carbonyl (C=O) groups excluding carboxylic acids is 1. The Balaban J connectivity index is 2.27. The number of hydrogen-bond donors (Lipinski definition) is 1. The number of nitrogens with zero attached hydrogens (tertiary/aromatic N) is 1. The molecular weight excluding hydrogens is 438 g/mol. The molecule has 1 heterocycles. The smallest absolute Gasteiger partial charge is 0.414 e. The number of aliphatic hydroxyl groups is 1. The normalized spacial score (nSPS) is 17.8. The Hall–Kier alpha value is -2.25. The highest BCUT2D eigenvalue weighted by molar-refractivity contribution is 9.10. The molecule has 7 heteroatoms. The van der Waals surface area contributed by atoms with E-state index in [2.05, 4.69) is 21.0 Å². The zero-order valence-electron chi connectivity index (χ0n) is 20.0. The van der Waals surface area contributed by atoms with E-state index in [4.69, 9.17) is 18.4 Å².